The van der Waals surface area contributed by atoms with Crippen LogP contribution in [0.4, 0.5) is 5.82 Å². The van der Waals surface area contributed by atoms with Crippen molar-refractivity contribution in [1.29, 1.82) is 0 Å². The number of ether oxygens (including phenoxy) is 2. The summed E-state index contributed by atoms with van der Waals surface area (Å²) in [5.74, 6) is 1.81. The van der Waals surface area contributed by atoms with Crippen molar-refractivity contribution in [2.75, 3.05) is 24.0 Å². The van der Waals surface area contributed by atoms with E-state index in [4.69, 9.17) is 14.6 Å². The number of fused-ring (bicyclic) bond motifs is 2. The molecule has 2 amide bonds. The number of aromatic nitrogens is 2. The van der Waals surface area contributed by atoms with Crippen molar-refractivity contribution >= 4 is 29.4 Å². The first-order valence-electron chi connectivity index (χ1n) is 13.7. The van der Waals surface area contributed by atoms with E-state index >= 15 is 0 Å². The number of thioether (sulfide) groups is 1. The minimum absolute atomic E-state index is 0.0522. The van der Waals surface area contributed by atoms with Gasteiger partial charge in [0.25, 0.3) is 0 Å². The van der Waals surface area contributed by atoms with Gasteiger partial charge < -0.3 is 14.8 Å². The molecule has 2 aliphatic rings. The monoisotopic (exact) mass is 568 g/mol. The summed E-state index contributed by atoms with van der Waals surface area (Å²) < 4.78 is 13.1. The quantitative estimate of drug-likeness (QED) is 0.327. The number of amides is 2. The minimum atomic E-state index is -0.254. The zero-order valence-corrected chi connectivity index (χ0v) is 24.3. The summed E-state index contributed by atoms with van der Waals surface area (Å²) >= 11 is 1.53. The topological polar surface area (TPSA) is 85.7 Å². The summed E-state index contributed by atoms with van der Waals surface area (Å²) in [7, 11) is 0. The molecule has 8 nitrogen and oxygen atoms in total. The van der Waals surface area contributed by atoms with Crippen LogP contribution in [0.2, 0.25) is 0 Å². The molecule has 0 radical (unpaired) electrons. The van der Waals surface area contributed by atoms with Gasteiger partial charge in [-0.15, -0.1) is 11.8 Å². The number of nitrogens with zero attached hydrogens (tertiary/aromatic N) is 3. The predicted molar refractivity (Wildman–Crippen MR) is 161 cm³/mol. The fourth-order valence-corrected chi connectivity index (χ4v) is 6.50. The zero-order chi connectivity index (χ0) is 28.7. The molecular formula is C32H32N4O4S. The van der Waals surface area contributed by atoms with Crippen LogP contribution in [0.5, 0.6) is 11.5 Å². The van der Waals surface area contributed by atoms with Crippen LogP contribution in [-0.4, -0.2) is 46.7 Å². The molecule has 1 aromatic heterocycles. The van der Waals surface area contributed by atoms with Crippen molar-refractivity contribution in [2.45, 2.75) is 39.0 Å². The number of rotatable bonds is 6. The number of hydrogen-bond acceptors (Lipinski definition) is 6. The Hall–Kier alpha value is -4.24. The molecule has 210 valence electrons. The molecule has 0 bridgehead atoms. The second kappa shape index (κ2) is 11.0. The highest BCUT2D eigenvalue weighted by atomic mass is 32.2. The van der Waals surface area contributed by atoms with Gasteiger partial charge in [0.15, 0.2) is 11.5 Å². The van der Waals surface area contributed by atoms with Crippen molar-refractivity contribution in [2.24, 2.45) is 0 Å². The number of carbonyl (C=O) groups excluding carboxylic acids is 2. The van der Waals surface area contributed by atoms with E-state index in [2.05, 4.69) is 25.2 Å². The normalized spacial score (nSPS) is 16.1. The molecule has 0 spiro atoms. The average molecular weight is 569 g/mol. The maximum Gasteiger partial charge on any atom is 0.240 e. The van der Waals surface area contributed by atoms with E-state index in [0.29, 0.717) is 17.3 Å². The Kier molecular flexibility index (Phi) is 7.21. The highest BCUT2D eigenvalue weighted by Gasteiger charge is 2.38. The van der Waals surface area contributed by atoms with Gasteiger partial charge in [-0.05, 0) is 62.6 Å². The molecule has 2 aliphatic heterocycles. The van der Waals surface area contributed by atoms with E-state index in [1.54, 1.807) is 4.90 Å². The van der Waals surface area contributed by atoms with Crippen LogP contribution < -0.4 is 19.7 Å². The number of carbonyl (C=O) groups is 2. The third-order valence-corrected chi connectivity index (χ3v) is 8.65. The number of anilines is 1. The summed E-state index contributed by atoms with van der Waals surface area (Å²) in [5.41, 5.74) is 6.57. The number of aryl methyl sites for hydroxylation is 1. The van der Waals surface area contributed by atoms with E-state index < -0.39 is 0 Å². The van der Waals surface area contributed by atoms with Crippen molar-refractivity contribution in [3.63, 3.8) is 0 Å². The van der Waals surface area contributed by atoms with Crippen LogP contribution in [0.25, 0.3) is 16.9 Å². The number of nitrogens with one attached hydrogen (secondary N) is 1. The Morgan fingerprint density at radius 1 is 1.05 bits per heavy atom. The highest BCUT2D eigenvalue weighted by Crippen LogP contribution is 2.50. The summed E-state index contributed by atoms with van der Waals surface area (Å²) in [5, 5.41) is 7.90. The standard InChI is InChI=1S/C32H32N4O4S/c1-19(2)33-27(37)16-35-28(38)17-41-31(23-13-14-25-26(15-23)40-18-39-25)29-30(22-10-6-5-7-11-22)34-36(32(29)35)24-12-8-9-20(3)21(24)4/h5-15,19,31H,16-18H2,1-4H3,(H,33,37). The van der Waals surface area contributed by atoms with Gasteiger partial charge in [0.1, 0.15) is 12.4 Å². The van der Waals surface area contributed by atoms with Crippen LogP contribution in [0.3, 0.4) is 0 Å². The van der Waals surface area contributed by atoms with E-state index in [-0.39, 0.29) is 42.2 Å². The lowest BCUT2D eigenvalue weighted by Gasteiger charge is -2.24. The minimum Gasteiger partial charge on any atom is -0.454 e. The first kappa shape index (κ1) is 27.0. The molecule has 1 N–H and O–H groups in total. The fraction of sp³-hybridized carbons (Fsp3) is 0.281. The van der Waals surface area contributed by atoms with Gasteiger partial charge in [0, 0.05) is 17.2 Å². The first-order valence-corrected chi connectivity index (χ1v) is 14.7. The molecular weight excluding hydrogens is 536 g/mol. The molecule has 0 saturated carbocycles. The van der Waals surface area contributed by atoms with Crippen LogP contribution >= 0.6 is 11.8 Å². The Bertz CT molecular complexity index is 1630. The van der Waals surface area contributed by atoms with Gasteiger partial charge in [0.05, 0.1) is 22.4 Å². The van der Waals surface area contributed by atoms with Gasteiger partial charge in [-0.2, -0.15) is 5.10 Å². The number of hydrogen-bond donors (Lipinski definition) is 1. The molecule has 3 aromatic carbocycles. The van der Waals surface area contributed by atoms with Gasteiger partial charge >= 0.3 is 0 Å². The SMILES string of the molecule is Cc1cccc(-n2nc(-c3ccccc3)c3c2N(CC(=O)NC(C)C)C(=O)CSC3c2ccc3c(c2)OCO3)c1C. The second-order valence-corrected chi connectivity index (χ2v) is 11.7. The highest BCUT2D eigenvalue weighted by molar-refractivity contribution is 8.00. The molecule has 0 fully saturated rings. The average Bonchev–Trinajstić information content (AvgIpc) is 3.55. The van der Waals surface area contributed by atoms with E-state index in [0.717, 1.165) is 39.2 Å². The van der Waals surface area contributed by atoms with Crippen LogP contribution in [-0.2, 0) is 9.59 Å². The Morgan fingerprint density at radius 3 is 2.61 bits per heavy atom. The first-order chi connectivity index (χ1) is 19.8. The van der Waals surface area contributed by atoms with Gasteiger partial charge in [-0.1, -0.05) is 48.5 Å². The summed E-state index contributed by atoms with van der Waals surface area (Å²) in [6.07, 6.45) is 0. The molecule has 9 heteroatoms. The second-order valence-electron chi connectivity index (χ2n) is 10.6. The molecule has 1 atom stereocenters. The summed E-state index contributed by atoms with van der Waals surface area (Å²) in [6.45, 7) is 8.00. The Balaban J connectivity index is 1.64. The van der Waals surface area contributed by atoms with E-state index in [1.807, 2.05) is 79.2 Å². The largest absolute Gasteiger partial charge is 0.454 e. The lowest BCUT2D eigenvalue weighted by molar-refractivity contribution is -0.123. The fourth-order valence-electron chi connectivity index (χ4n) is 5.31. The molecule has 4 aromatic rings. The third kappa shape index (κ3) is 5.06. The summed E-state index contributed by atoms with van der Waals surface area (Å²) in [4.78, 5) is 28.6. The van der Waals surface area contributed by atoms with Crippen molar-refractivity contribution in [3.8, 4) is 28.4 Å². The van der Waals surface area contributed by atoms with Gasteiger partial charge in [-0.3, -0.25) is 14.5 Å². The van der Waals surface area contributed by atoms with Crippen LogP contribution in [0.15, 0.2) is 66.7 Å². The molecule has 41 heavy (non-hydrogen) atoms. The lowest BCUT2D eigenvalue weighted by Crippen LogP contribution is -2.44. The molecule has 1 unspecified atom stereocenters. The Morgan fingerprint density at radius 2 is 1.83 bits per heavy atom. The van der Waals surface area contributed by atoms with Crippen LogP contribution in [0.1, 0.15) is 41.4 Å². The molecule has 0 saturated heterocycles. The van der Waals surface area contributed by atoms with Crippen molar-refractivity contribution in [3.05, 3.63) is 89.0 Å². The zero-order valence-electron chi connectivity index (χ0n) is 23.5. The van der Waals surface area contributed by atoms with Crippen molar-refractivity contribution < 1.29 is 19.1 Å². The van der Waals surface area contributed by atoms with Gasteiger partial charge in [-0.25, -0.2) is 4.68 Å². The molecule has 3 heterocycles. The maximum absolute atomic E-state index is 13.9. The summed E-state index contributed by atoms with van der Waals surface area (Å²) in [6, 6.07) is 21.9. The smallest absolute Gasteiger partial charge is 0.240 e. The van der Waals surface area contributed by atoms with Crippen molar-refractivity contribution in [1.82, 2.24) is 15.1 Å². The van der Waals surface area contributed by atoms with Gasteiger partial charge in [0.2, 0.25) is 18.6 Å². The maximum atomic E-state index is 13.9. The Labute approximate surface area is 243 Å². The lowest BCUT2D eigenvalue weighted by atomic mass is 9.99. The van der Waals surface area contributed by atoms with E-state index in [1.165, 1.54) is 11.8 Å². The predicted octanol–water partition coefficient (Wildman–Crippen LogP) is 5.58. The van der Waals surface area contributed by atoms with Crippen LogP contribution in [0, 0.1) is 13.8 Å². The number of benzene rings is 3. The molecule has 0 aliphatic carbocycles. The third-order valence-electron chi connectivity index (χ3n) is 7.39. The molecule has 6 rings (SSSR count). The van der Waals surface area contributed by atoms with E-state index in [9.17, 15) is 9.59 Å².